The molecule has 0 radical (unpaired) electrons. The molecule has 2 bridgehead atoms. The van der Waals surface area contributed by atoms with Gasteiger partial charge in [0.05, 0.1) is 21.3 Å². The number of nitrogens with zero attached hydrogens (tertiary/aromatic N) is 4. The molecule has 2 fully saturated rings. The molecule has 0 aliphatic carbocycles. The third-order valence-corrected chi connectivity index (χ3v) is 8.33. The Morgan fingerprint density at radius 1 is 0.846 bits per heavy atom. The van der Waals surface area contributed by atoms with E-state index in [2.05, 4.69) is 4.90 Å². The minimum absolute atomic E-state index is 0.00195. The number of aromatic nitrogens is 1. The van der Waals surface area contributed by atoms with Gasteiger partial charge in [0.25, 0.3) is 5.56 Å². The second kappa shape index (κ2) is 10.0. The predicted molar refractivity (Wildman–Crippen MR) is 141 cm³/mol. The zero-order chi connectivity index (χ0) is 28.1. The normalized spacial score (nSPS) is 22.5. The van der Waals surface area contributed by atoms with Crippen LogP contribution in [-0.4, -0.2) is 92.2 Å². The summed E-state index contributed by atoms with van der Waals surface area (Å²) in [6, 6.07) is 8.05. The zero-order valence-electron chi connectivity index (χ0n) is 22.9. The van der Waals surface area contributed by atoms with Gasteiger partial charge in [0, 0.05) is 70.4 Å². The zero-order valence-corrected chi connectivity index (χ0v) is 22.9. The van der Waals surface area contributed by atoms with E-state index in [1.54, 1.807) is 24.3 Å². The van der Waals surface area contributed by atoms with Gasteiger partial charge in [0.15, 0.2) is 11.5 Å². The number of fused-ring (bicyclic) bond motifs is 4. The molecule has 1 aromatic heterocycles. The van der Waals surface area contributed by atoms with Crippen LogP contribution in [0.15, 0.2) is 35.1 Å². The number of hydrogen-bond acceptors (Lipinski definition) is 8. The first-order valence-electron chi connectivity index (χ1n) is 12.9. The van der Waals surface area contributed by atoms with E-state index in [1.165, 1.54) is 35.4 Å². The first-order valence-corrected chi connectivity index (χ1v) is 12.9. The van der Waals surface area contributed by atoms with Crippen molar-refractivity contribution in [1.29, 1.82) is 0 Å². The Kier molecular flexibility index (Phi) is 6.88. The van der Waals surface area contributed by atoms with Crippen molar-refractivity contribution in [2.75, 3.05) is 55.1 Å². The Hall–Kier alpha value is -3.86. The number of pyridine rings is 1. The van der Waals surface area contributed by atoms with Crippen LogP contribution in [0.2, 0.25) is 0 Å². The van der Waals surface area contributed by atoms with Gasteiger partial charge in [-0.3, -0.25) is 24.2 Å². The second-order valence-corrected chi connectivity index (χ2v) is 10.7. The highest BCUT2D eigenvalue weighted by atomic mass is 16.5. The average Bonchev–Trinajstić information content (AvgIpc) is 2.94. The smallest absolute Gasteiger partial charge is 0.332 e. The van der Waals surface area contributed by atoms with Gasteiger partial charge < -0.3 is 23.7 Å². The lowest BCUT2D eigenvalue weighted by molar-refractivity contribution is -0.159. The fourth-order valence-electron chi connectivity index (χ4n) is 6.54. The van der Waals surface area contributed by atoms with E-state index in [4.69, 9.17) is 14.2 Å². The third-order valence-electron chi connectivity index (χ3n) is 8.33. The van der Waals surface area contributed by atoms with Gasteiger partial charge in [-0.2, -0.15) is 0 Å². The molecule has 1 aromatic carbocycles. The number of barbiturate groups is 1. The van der Waals surface area contributed by atoms with E-state index in [9.17, 15) is 19.2 Å². The number of benzene rings is 1. The molecule has 5 rings (SSSR count). The maximum Gasteiger partial charge on any atom is 0.332 e. The van der Waals surface area contributed by atoms with Crippen LogP contribution in [-0.2, 0) is 22.6 Å². The van der Waals surface area contributed by atoms with Crippen LogP contribution in [0.1, 0.15) is 23.6 Å². The Balaban J connectivity index is 1.56. The van der Waals surface area contributed by atoms with Crippen LogP contribution in [0.25, 0.3) is 0 Å². The molecule has 4 heterocycles. The van der Waals surface area contributed by atoms with E-state index < -0.39 is 23.3 Å². The molecule has 0 spiro atoms. The highest BCUT2D eigenvalue weighted by Gasteiger charge is 2.57. The second-order valence-electron chi connectivity index (χ2n) is 10.7. The van der Waals surface area contributed by atoms with E-state index in [1.807, 2.05) is 10.6 Å². The van der Waals surface area contributed by atoms with Crippen molar-refractivity contribution in [3.63, 3.8) is 0 Å². The van der Waals surface area contributed by atoms with Crippen molar-refractivity contribution >= 4 is 17.8 Å². The number of piperidine rings is 1. The molecule has 208 valence electrons. The Bertz CT molecular complexity index is 1360. The molecule has 0 saturated carbocycles. The van der Waals surface area contributed by atoms with Crippen LogP contribution in [0, 0.1) is 11.3 Å². The van der Waals surface area contributed by atoms with Crippen LogP contribution >= 0.6 is 0 Å². The number of urea groups is 1. The summed E-state index contributed by atoms with van der Waals surface area (Å²) in [5.74, 6) is 0.528. The number of carbonyl (C=O) groups is 3. The number of carbonyl (C=O) groups excluding carboxylic acids is 3. The van der Waals surface area contributed by atoms with Gasteiger partial charge in [0.2, 0.25) is 11.8 Å². The predicted octanol–water partition coefficient (Wildman–Crippen LogP) is 1.57. The van der Waals surface area contributed by atoms with Gasteiger partial charge in [-0.15, -0.1) is 0 Å². The summed E-state index contributed by atoms with van der Waals surface area (Å²) in [6.45, 7) is 1.93. The van der Waals surface area contributed by atoms with Gasteiger partial charge in [-0.05, 0) is 30.0 Å². The van der Waals surface area contributed by atoms with E-state index in [-0.39, 0.29) is 30.4 Å². The fourth-order valence-corrected chi connectivity index (χ4v) is 6.54. The van der Waals surface area contributed by atoms with Gasteiger partial charge in [0.1, 0.15) is 11.2 Å². The van der Waals surface area contributed by atoms with Gasteiger partial charge >= 0.3 is 6.03 Å². The van der Waals surface area contributed by atoms with Crippen molar-refractivity contribution in [2.24, 2.45) is 11.3 Å². The summed E-state index contributed by atoms with van der Waals surface area (Å²) in [5.41, 5.74) is -0.0225. The third kappa shape index (κ3) is 4.34. The number of hydrogen-bond donors (Lipinski definition) is 0. The van der Waals surface area contributed by atoms with Crippen LogP contribution in [0.5, 0.6) is 17.2 Å². The lowest BCUT2D eigenvalue weighted by Crippen LogP contribution is -2.67. The molecule has 0 N–H and O–H groups in total. The van der Waals surface area contributed by atoms with Crippen molar-refractivity contribution in [3.05, 3.63) is 51.9 Å². The largest absolute Gasteiger partial charge is 0.496 e. The standard InChI is InChI=1S/C28H34N4O7/c1-29-25(34)28(26(35)30(2)27(29)36,12-18-10-22(38-4)23(39-5)11-21(18)37-3)16-31-13-17-9-19(15-31)20-7-6-8-24(33)32(20)14-17/h6-8,10-11,17,19H,9,12-16H2,1-5H3/t17?,19-/m0/s1. The highest BCUT2D eigenvalue weighted by molar-refractivity contribution is 6.19. The summed E-state index contributed by atoms with van der Waals surface area (Å²) in [6.07, 6.45) is 0.939. The van der Waals surface area contributed by atoms with Crippen molar-refractivity contribution in [1.82, 2.24) is 19.3 Å². The molecule has 4 amide bonds. The molecule has 2 saturated heterocycles. The van der Waals surface area contributed by atoms with E-state index >= 15 is 0 Å². The van der Waals surface area contributed by atoms with Crippen molar-refractivity contribution < 1.29 is 28.6 Å². The molecule has 3 aliphatic heterocycles. The van der Waals surface area contributed by atoms with Crippen LogP contribution in [0.4, 0.5) is 4.79 Å². The summed E-state index contributed by atoms with van der Waals surface area (Å²) in [4.78, 5) is 57.3. The molecule has 3 aliphatic rings. The monoisotopic (exact) mass is 538 g/mol. The maximum atomic E-state index is 13.9. The van der Waals surface area contributed by atoms with E-state index in [0.717, 1.165) is 21.9 Å². The number of rotatable bonds is 7. The number of imide groups is 2. The van der Waals surface area contributed by atoms with Gasteiger partial charge in [-0.25, -0.2) is 4.79 Å². The first-order chi connectivity index (χ1) is 18.6. The van der Waals surface area contributed by atoms with Gasteiger partial charge in [-0.1, -0.05) is 6.07 Å². The Morgan fingerprint density at radius 2 is 1.49 bits per heavy atom. The average molecular weight is 539 g/mol. The molecule has 39 heavy (non-hydrogen) atoms. The minimum Gasteiger partial charge on any atom is -0.496 e. The number of likely N-dealkylation sites (tertiary alicyclic amines) is 1. The Morgan fingerprint density at radius 3 is 2.13 bits per heavy atom. The summed E-state index contributed by atoms with van der Waals surface area (Å²) in [7, 11) is 7.34. The summed E-state index contributed by atoms with van der Waals surface area (Å²) < 4.78 is 18.4. The first kappa shape index (κ1) is 26.7. The van der Waals surface area contributed by atoms with E-state index in [0.29, 0.717) is 42.4 Å². The molecular weight excluding hydrogens is 504 g/mol. The lowest BCUT2D eigenvalue weighted by atomic mass is 9.75. The molecule has 11 nitrogen and oxygen atoms in total. The lowest BCUT2D eigenvalue weighted by Gasteiger charge is -2.48. The Labute approximate surface area is 226 Å². The molecule has 2 aromatic rings. The molecular formula is C28H34N4O7. The SMILES string of the molecule is COc1cc(OC)c(OC)cc1CC1(CN2CC3C[C@@H](C2)c2cccc(=O)n2C3)C(=O)N(C)C(=O)N(C)C1=O. The van der Waals surface area contributed by atoms with Crippen LogP contribution < -0.4 is 19.8 Å². The molecule has 1 unspecified atom stereocenters. The van der Waals surface area contributed by atoms with Crippen molar-refractivity contribution in [3.8, 4) is 17.2 Å². The number of amides is 4. The quantitative estimate of drug-likeness (QED) is 0.489. The van der Waals surface area contributed by atoms with Crippen LogP contribution in [0.3, 0.4) is 0 Å². The fraction of sp³-hybridized carbons (Fsp3) is 0.500. The molecule has 2 atom stereocenters. The highest BCUT2D eigenvalue weighted by Crippen LogP contribution is 2.42. The summed E-state index contributed by atoms with van der Waals surface area (Å²) in [5, 5.41) is 0. The molecule has 11 heteroatoms. The minimum atomic E-state index is -1.58. The summed E-state index contributed by atoms with van der Waals surface area (Å²) >= 11 is 0. The van der Waals surface area contributed by atoms with Crippen molar-refractivity contribution in [2.45, 2.75) is 25.3 Å². The number of methoxy groups -OCH3 is 3. The number of ether oxygens (including phenoxy) is 3. The topological polar surface area (TPSA) is 111 Å². The maximum absolute atomic E-state index is 13.9.